The van der Waals surface area contributed by atoms with Crippen LogP contribution in [0.25, 0.3) is 0 Å². The van der Waals surface area contributed by atoms with Crippen LogP contribution in [0.4, 0.5) is 5.69 Å². The van der Waals surface area contributed by atoms with Gasteiger partial charge in [-0.05, 0) is 30.5 Å². The standard InChI is InChI=1S/C12H13NO4/c14-11(10-5-2-6-17-10)13-9-4-1-3-8(7-9)12(15)16/h1,3-4,7,10H,2,5-6H2,(H,13,14)(H,15,16)/p-1/t10-/m1/s1. The third kappa shape index (κ3) is 2.82. The maximum atomic E-state index is 11.7. The van der Waals surface area contributed by atoms with Crippen LogP contribution >= 0.6 is 0 Å². The lowest BCUT2D eigenvalue weighted by molar-refractivity contribution is -0.255. The largest absolute Gasteiger partial charge is 0.545 e. The van der Waals surface area contributed by atoms with Gasteiger partial charge in [-0.3, -0.25) is 4.79 Å². The fourth-order valence-corrected chi connectivity index (χ4v) is 1.73. The number of anilines is 1. The number of amides is 1. The Morgan fingerprint density at radius 1 is 1.41 bits per heavy atom. The summed E-state index contributed by atoms with van der Waals surface area (Å²) in [6, 6.07) is 5.95. The predicted molar refractivity (Wildman–Crippen MR) is 58.4 cm³/mol. The van der Waals surface area contributed by atoms with Gasteiger partial charge >= 0.3 is 0 Å². The molecule has 0 aliphatic carbocycles. The molecule has 1 fully saturated rings. The summed E-state index contributed by atoms with van der Waals surface area (Å²) in [4.78, 5) is 22.3. The van der Waals surface area contributed by atoms with E-state index in [9.17, 15) is 14.7 Å². The molecule has 0 spiro atoms. The van der Waals surface area contributed by atoms with Crippen LogP contribution in [-0.2, 0) is 9.53 Å². The van der Waals surface area contributed by atoms with E-state index >= 15 is 0 Å². The fraction of sp³-hybridized carbons (Fsp3) is 0.333. The minimum Gasteiger partial charge on any atom is -0.545 e. The van der Waals surface area contributed by atoms with Crippen LogP contribution in [-0.4, -0.2) is 24.6 Å². The number of benzene rings is 1. The molecule has 0 saturated carbocycles. The molecule has 1 aliphatic rings. The lowest BCUT2D eigenvalue weighted by Gasteiger charge is -2.11. The second-order valence-electron chi connectivity index (χ2n) is 3.86. The van der Waals surface area contributed by atoms with Crippen LogP contribution in [0.2, 0.25) is 0 Å². The molecule has 17 heavy (non-hydrogen) atoms. The number of aromatic carboxylic acids is 1. The quantitative estimate of drug-likeness (QED) is 0.808. The molecule has 1 amide bonds. The van der Waals surface area contributed by atoms with Crippen molar-refractivity contribution in [2.75, 3.05) is 11.9 Å². The number of carbonyl (C=O) groups is 2. The maximum Gasteiger partial charge on any atom is 0.253 e. The Kier molecular flexibility index (Phi) is 3.39. The number of nitrogens with one attached hydrogen (secondary N) is 1. The van der Waals surface area contributed by atoms with Gasteiger partial charge < -0.3 is 20.0 Å². The van der Waals surface area contributed by atoms with E-state index in [1.807, 2.05) is 0 Å². The Morgan fingerprint density at radius 3 is 2.88 bits per heavy atom. The molecular formula is C12H12NO4-. The Balaban J connectivity index is 2.05. The number of rotatable bonds is 3. The van der Waals surface area contributed by atoms with Gasteiger partial charge in [-0.2, -0.15) is 0 Å². The molecule has 90 valence electrons. The van der Waals surface area contributed by atoms with Crippen molar-refractivity contribution in [1.29, 1.82) is 0 Å². The van der Waals surface area contributed by atoms with Crippen LogP contribution < -0.4 is 10.4 Å². The van der Waals surface area contributed by atoms with Crippen LogP contribution in [0.3, 0.4) is 0 Å². The highest BCUT2D eigenvalue weighted by atomic mass is 16.5. The molecule has 1 aromatic rings. The molecule has 0 bridgehead atoms. The molecule has 1 N–H and O–H groups in total. The van der Waals surface area contributed by atoms with E-state index in [4.69, 9.17) is 4.74 Å². The molecule has 1 heterocycles. The summed E-state index contributed by atoms with van der Waals surface area (Å²) in [5.41, 5.74) is 0.474. The van der Waals surface area contributed by atoms with E-state index in [2.05, 4.69) is 5.32 Å². The zero-order valence-electron chi connectivity index (χ0n) is 9.14. The van der Waals surface area contributed by atoms with Crippen molar-refractivity contribution in [3.63, 3.8) is 0 Å². The zero-order chi connectivity index (χ0) is 12.3. The lowest BCUT2D eigenvalue weighted by atomic mass is 10.2. The highest BCUT2D eigenvalue weighted by Crippen LogP contribution is 2.16. The van der Waals surface area contributed by atoms with Crippen molar-refractivity contribution in [1.82, 2.24) is 0 Å². The van der Waals surface area contributed by atoms with Crippen LogP contribution in [0.1, 0.15) is 23.2 Å². The van der Waals surface area contributed by atoms with E-state index in [-0.39, 0.29) is 11.5 Å². The molecular weight excluding hydrogens is 222 g/mol. The summed E-state index contributed by atoms with van der Waals surface area (Å²) in [6.45, 7) is 0.594. The van der Waals surface area contributed by atoms with E-state index in [1.54, 1.807) is 12.1 Å². The van der Waals surface area contributed by atoms with Gasteiger partial charge in [0.1, 0.15) is 6.10 Å². The van der Waals surface area contributed by atoms with Gasteiger partial charge in [0, 0.05) is 12.3 Å². The monoisotopic (exact) mass is 234 g/mol. The van der Waals surface area contributed by atoms with E-state index in [0.717, 1.165) is 6.42 Å². The third-order valence-electron chi connectivity index (χ3n) is 2.59. The van der Waals surface area contributed by atoms with Gasteiger partial charge in [-0.1, -0.05) is 12.1 Å². The van der Waals surface area contributed by atoms with Crippen molar-refractivity contribution in [2.24, 2.45) is 0 Å². The Hall–Kier alpha value is -1.88. The van der Waals surface area contributed by atoms with Crippen LogP contribution in [0.15, 0.2) is 24.3 Å². The summed E-state index contributed by atoms with van der Waals surface area (Å²) in [6.07, 6.45) is 1.14. The first-order valence-electron chi connectivity index (χ1n) is 5.41. The van der Waals surface area contributed by atoms with Crippen molar-refractivity contribution in [2.45, 2.75) is 18.9 Å². The van der Waals surface area contributed by atoms with Gasteiger partial charge in [0.2, 0.25) is 0 Å². The minimum absolute atomic E-state index is 0.0372. The first-order valence-corrected chi connectivity index (χ1v) is 5.41. The van der Waals surface area contributed by atoms with Gasteiger partial charge in [0.15, 0.2) is 0 Å². The van der Waals surface area contributed by atoms with Gasteiger partial charge in [-0.15, -0.1) is 0 Å². The number of hydrogen-bond acceptors (Lipinski definition) is 4. The SMILES string of the molecule is O=C([O-])c1cccc(NC(=O)[C@H]2CCCO2)c1. The van der Waals surface area contributed by atoms with Crippen molar-refractivity contribution < 1.29 is 19.4 Å². The van der Waals surface area contributed by atoms with Gasteiger partial charge in [0.25, 0.3) is 5.91 Å². The van der Waals surface area contributed by atoms with E-state index < -0.39 is 12.1 Å². The normalized spacial score (nSPS) is 18.9. The summed E-state index contributed by atoms with van der Waals surface area (Å²) in [5, 5.41) is 13.3. The summed E-state index contributed by atoms with van der Waals surface area (Å²) in [5.74, 6) is -1.50. The zero-order valence-corrected chi connectivity index (χ0v) is 9.14. The average Bonchev–Trinajstić information content (AvgIpc) is 2.82. The van der Waals surface area contributed by atoms with Gasteiger partial charge in [0.05, 0.1) is 5.97 Å². The van der Waals surface area contributed by atoms with E-state index in [1.165, 1.54) is 12.1 Å². The maximum absolute atomic E-state index is 11.7. The number of ether oxygens (including phenoxy) is 1. The first-order chi connectivity index (χ1) is 8.16. The topological polar surface area (TPSA) is 78.5 Å². The number of carbonyl (C=O) groups excluding carboxylic acids is 2. The number of carboxylic acid groups (broad SMARTS) is 1. The summed E-state index contributed by atoms with van der Waals surface area (Å²) in [7, 11) is 0. The Morgan fingerprint density at radius 2 is 2.24 bits per heavy atom. The highest BCUT2D eigenvalue weighted by Gasteiger charge is 2.23. The third-order valence-corrected chi connectivity index (χ3v) is 2.59. The van der Waals surface area contributed by atoms with Crippen molar-refractivity contribution >= 4 is 17.6 Å². The molecule has 2 rings (SSSR count). The number of carboxylic acids is 1. The van der Waals surface area contributed by atoms with Crippen molar-refractivity contribution in [3.05, 3.63) is 29.8 Å². The van der Waals surface area contributed by atoms with Crippen LogP contribution in [0.5, 0.6) is 0 Å². The second-order valence-corrected chi connectivity index (χ2v) is 3.86. The smallest absolute Gasteiger partial charge is 0.253 e. The molecule has 5 nitrogen and oxygen atoms in total. The molecule has 0 unspecified atom stereocenters. The molecule has 0 radical (unpaired) electrons. The first kappa shape index (κ1) is 11.6. The van der Waals surface area contributed by atoms with Gasteiger partial charge in [-0.25, -0.2) is 0 Å². The molecule has 1 aromatic carbocycles. The molecule has 5 heteroatoms. The fourth-order valence-electron chi connectivity index (χ4n) is 1.73. The Bertz CT molecular complexity index is 438. The second kappa shape index (κ2) is 4.97. The Labute approximate surface area is 98.4 Å². The lowest BCUT2D eigenvalue weighted by Crippen LogP contribution is -2.27. The molecule has 1 aliphatic heterocycles. The summed E-state index contributed by atoms with van der Waals surface area (Å²) < 4.78 is 5.22. The number of hydrogen-bond donors (Lipinski definition) is 1. The average molecular weight is 234 g/mol. The highest BCUT2D eigenvalue weighted by molar-refractivity contribution is 5.95. The van der Waals surface area contributed by atoms with E-state index in [0.29, 0.717) is 18.7 Å². The van der Waals surface area contributed by atoms with Crippen LogP contribution in [0, 0.1) is 0 Å². The predicted octanol–water partition coefficient (Wildman–Crippen LogP) is 0.168. The molecule has 1 atom stereocenters. The van der Waals surface area contributed by atoms with Crippen molar-refractivity contribution in [3.8, 4) is 0 Å². The summed E-state index contributed by atoms with van der Waals surface area (Å²) >= 11 is 0. The minimum atomic E-state index is -1.27. The molecule has 1 saturated heterocycles. The molecule has 0 aromatic heterocycles.